The Morgan fingerprint density at radius 3 is 2.62 bits per heavy atom. The zero-order valence-corrected chi connectivity index (χ0v) is 15.8. The minimum atomic E-state index is -0.504. The van der Waals surface area contributed by atoms with Gasteiger partial charge in [0.25, 0.3) is 0 Å². The van der Waals surface area contributed by atoms with Gasteiger partial charge in [-0.3, -0.25) is 14.2 Å². The van der Waals surface area contributed by atoms with E-state index in [1.807, 2.05) is 40.9 Å². The highest BCUT2D eigenvalue weighted by molar-refractivity contribution is 5.86. The molecule has 29 heavy (non-hydrogen) atoms. The van der Waals surface area contributed by atoms with Gasteiger partial charge in [-0.2, -0.15) is 0 Å². The fourth-order valence-electron chi connectivity index (χ4n) is 3.06. The SMILES string of the molecule is CC(Nc1c(-c2ccncc2)nc2ccccn12)C(=O)NCc1ccc(F)cc1. The first-order chi connectivity index (χ1) is 14.1. The molecule has 146 valence electrons. The minimum absolute atomic E-state index is 0.166. The Bertz CT molecular complexity index is 1130. The van der Waals surface area contributed by atoms with Gasteiger partial charge in [0, 0.05) is 30.7 Å². The van der Waals surface area contributed by atoms with Crippen LogP contribution in [0.5, 0.6) is 0 Å². The van der Waals surface area contributed by atoms with Crippen molar-refractivity contribution in [3.8, 4) is 11.3 Å². The van der Waals surface area contributed by atoms with Gasteiger partial charge in [0.15, 0.2) is 0 Å². The molecule has 0 saturated carbocycles. The van der Waals surface area contributed by atoms with Crippen LogP contribution >= 0.6 is 0 Å². The molecule has 3 aromatic heterocycles. The number of rotatable bonds is 6. The van der Waals surface area contributed by atoms with Crippen LogP contribution in [0.1, 0.15) is 12.5 Å². The number of carbonyl (C=O) groups excluding carboxylic acids is 1. The first-order valence-corrected chi connectivity index (χ1v) is 9.28. The number of imidazole rings is 1. The predicted octanol–water partition coefficient (Wildman–Crippen LogP) is 3.65. The molecule has 0 aliphatic carbocycles. The van der Waals surface area contributed by atoms with Crippen molar-refractivity contribution in [3.63, 3.8) is 0 Å². The molecular weight excluding hydrogens is 369 g/mol. The van der Waals surface area contributed by atoms with E-state index in [1.165, 1.54) is 12.1 Å². The molecule has 2 N–H and O–H groups in total. The highest BCUT2D eigenvalue weighted by Crippen LogP contribution is 2.28. The highest BCUT2D eigenvalue weighted by atomic mass is 19.1. The predicted molar refractivity (Wildman–Crippen MR) is 110 cm³/mol. The van der Waals surface area contributed by atoms with E-state index in [0.717, 1.165) is 28.3 Å². The van der Waals surface area contributed by atoms with Crippen molar-refractivity contribution in [1.29, 1.82) is 0 Å². The molecule has 1 amide bonds. The molecule has 0 bridgehead atoms. The quantitative estimate of drug-likeness (QED) is 0.528. The van der Waals surface area contributed by atoms with Crippen LogP contribution in [0.15, 0.2) is 73.2 Å². The molecule has 4 aromatic rings. The number of carbonyl (C=O) groups is 1. The summed E-state index contributed by atoms with van der Waals surface area (Å²) in [5.74, 6) is 0.267. The standard InChI is InChI=1S/C22H20FN5O/c1-15(22(29)25-14-16-5-7-18(23)8-6-16)26-21-20(17-9-11-24-12-10-17)27-19-4-2-3-13-28(19)21/h2-13,15,26H,14H2,1H3,(H,25,29). The van der Waals surface area contributed by atoms with Crippen LogP contribution in [0.25, 0.3) is 16.9 Å². The average Bonchev–Trinajstić information content (AvgIpc) is 3.12. The summed E-state index contributed by atoms with van der Waals surface area (Å²) in [5.41, 5.74) is 3.27. The molecule has 0 aliphatic rings. The van der Waals surface area contributed by atoms with E-state index in [-0.39, 0.29) is 11.7 Å². The van der Waals surface area contributed by atoms with Crippen LogP contribution in [0.3, 0.4) is 0 Å². The minimum Gasteiger partial charge on any atom is -0.358 e. The van der Waals surface area contributed by atoms with Crippen molar-refractivity contribution >= 4 is 17.4 Å². The number of fused-ring (bicyclic) bond motifs is 1. The fourth-order valence-corrected chi connectivity index (χ4v) is 3.06. The van der Waals surface area contributed by atoms with Crippen molar-refractivity contribution < 1.29 is 9.18 Å². The summed E-state index contributed by atoms with van der Waals surface area (Å²) in [6.07, 6.45) is 5.32. The van der Waals surface area contributed by atoms with Crippen LogP contribution < -0.4 is 10.6 Å². The molecule has 6 nitrogen and oxygen atoms in total. The molecular formula is C22H20FN5O. The van der Waals surface area contributed by atoms with Crippen molar-refractivity contribution in [3.05, 3.63) is 84.6 Å². The van der Waals surface area contributed by atoms with Gasteiger partial charge in [0.1, 0.15) is 29.0 Å². The third-order valence-electron chi connectivity index (χ3n) is 4.61. The molecule has 3 heterocycles. The number of benzene rings is 1. The Hall–Kier alpha value is -3.74. The van der Waals surface area contributed by atoms with Crippen LogP contribution in [-0.4, -0.2) is 26.3 Å². The third-order valence-corrected chi connectivity index (χ3v) is 4.61. The molecule has 7 heteroatoms. The maximum Gasteiger partial charge on any atom is 0.242 e. The van der Waals surface area contributed by atoms with Gasteiger partial charge < -0.3 is 10.6 Å². The number of pyridine rings is 2. The molecule has 0 aliphatic heterocycles. The van der Waals surface area contributed by atoms with Crippen LogP contribution in [-0.2, 0) is 11.3 Å². The summed E-state index contributed by atoms with van der Waals surface area (Å²) in [5, 5.41) is 6.16. The topological polar surface area (TPSA) is 71.3 Å². The molecule has 0 radical (unpaired) electrons. The number of hydrogen-bond donors (Lipinski definition) is 2. The lowest BCUT2D eigenvalue weighted by atomic mass is 10.2. The van der Waals surface area contributed by atoms with Crippen LogP contribution in [0.2, 0.25) is 0 Å². The first kappa shape index (κ1) is 18.6. The largest absolute Gasteiger partial charge is 0.358 e. The molecule has 1 unspecified atom stereocenters. The van der Waals surface area contributed by atoms with E-state index in [0.29, 0.717) is 6.54 Å². The van der Waals surface area contributed by atoms with Gasteiger partial charge in [-0.1, -0.05) is 18.2 Å². The summed E-state index contributed by atoms with van der Waals surface area (Å²) >= 11 is 0. The Kier molecular flexibility index (Phi) is 5.20. The Balaban J connectivity index is 1.55. The monoisotopic (exact) mass is 389 g/mol. The van der Waals surface area contributed by atoms with Gasteiger partial charge in [0.05, 0.1) is 0 Å². The number of aromatic nitrogens is 3. The van der Waals surface area contributed by atoms with Gasteiger partial charge in [-0.05, 0) is 48.9 Å². The van der Waals surface area contributed by atoms with Crippen LogP contribution in [0.4, 0.5) is 10.2 Å². The lowest BCUT2D eigenvalue weighted by Gasteiger charge is -2.16. The Labute approximate surface area is 167 Å². The maximum atomic E-state index is 13.0. The number of halogens is 1. The number of hydrogen-bond acceptors (Lipinski definition) is 4. The van der Waals surface area contributed by atoms with E-state index >= 15 is 0 Å². The van der Waals surface area contributed by atoms with Gasteiger partial charge in [0.2, 0.25) is 5.91 Å². The molecule has 1 atom stereocenters. The number of nitrogens with one attached hydrogen (secondary N) is 2. The van der Waals surface area contributed by atoms with E-state index in [9.17, 15) is 9.18 Å². The first-order valence-electron chi connectivity index (χ1n) is 9.28. The zero-order chi connectivity index (χ0) is 20.2. The summed E-state index contributed by atoms with van der Waals surface area (Å²) < 4.78 is 14.9. The lowest BCUT2D eigenvalue weighted by molar-refractivity contribution is -0.121. The van der Waals surface area contributed by atoms with Crippen molar-refractivity contribution in [1.82, 2.24) is 19.7 Å². The average molecular weight is 389 g/mol. The lowest BCUT2D eigenvalue weighted by Crippen LogP contribution is -2.37. The summed E-state index contributed by atoms with van der Waals surface area (Å²) in [4.78, 5) is 21.4. The van der Waals surface area contributed by atoms with Gasteiger partial charge in [-0.15, -0.1) is 0 Å². The van der Waals surface area contributed by atoms with E-state index in [1.54, 1.807) is 31.5 Å². The maximum absolute atomic E-state index is 13.0. The molecule has 0 spiro atoms. The second kappa shape index (κ2) is 8.10. The zero-order valence-electron chi connectivity index (χ0n) is 15.8. The normalized spacial score (nSPS) is 11.9. The molecule has 4 rings (SSSR count). The van der Waals surface area contributed by atoms with Crippen molar-refractivity contribution in [2.75, 3.05) is 5.32 Å². The van der Waals surface area contributed by atoms with E-state index < -0.39 is 6.04 Å². The van der Waals surface area contributed by atoms with Crippen molar-refractivity contribution in [2.24, 2.45) is 0 Å². The summed E-state index contributed by atoms with van der Waals surface area (Å²) in [6.45, 7) is 2.12. The Morgan fingerprint density at radius 1 is 1.10 bits per heavy atom. The second-order valence-electron chi connectivity index (χ2n) is 6.68. The van der Waals surface area contributed by atoms with Crippen LogP contribution in [0, 0.1) is 5.82 Å². The third kappa shape index (κ3) is 4.08. The second-order valence-corrected chi connectivity index (χ2v) is 6.68. The molecule has 1 aromatic carbocycles. The Morgan fingerprint density at radius 2 is 1.86 bits per heavy atom. The fraction of sp³-hybridized carbons (Fsp3) is 0.136. The van der Waals surface area contributed by atoms with Gasteiger partial charge in [-0.25, -0.2) is 9.37 Å². The number of nitrogens with zero attached hydrogens (tertiary/aromatic N) is 3. The summed E-state index contributed by atoms with van der Waals surface area (Å²) in [7, 11) is 0. The summed E-state index contributed by atoms with van der Waals surface area (Å²) in [6, 6.07) is 15.1. The van der Waals surface area contributed by atoms with Gasteiger partial charge >= 0.3 is 0 Å². The number of amides is 1. The highest BCUT2D eigenvalue weighted by Gasteiger charge is 2.19. The molecule has 0 fully saturated rings. The molecule has 0 saturated heterocycles. The van der Waals surface area contributed by atoms with Crippen molar-refractivity contribution in [2.45, 2.75) is 19.5 Å². The van der Waals surface area contributed by atoms with E-state index in [2.05, 4.69) is 15.6 Å². The van der Waals surface area contributed by atoms with E-state index in [4.69, 9.17) is 4.98 Å². The number of anilines is 1. The smallest absolute Gasteiger partial charge is 0.242 e.